The molecule has 21 heavy (non-hydrogen) atoms. The summed E-state index contributed by atoms with van der Waals surface area (Å²) >= 11 is 0. The van der Waals surface area contributed by atoms with Gasteiger partial charge in [-0.2, -0.15) is 5.21 Å². The molecule has 1 aromatic carbocycles. The molecule has 110 valence electrons. The second-order valence-electron chi connectivity index (χ2n) is 5.43. The van der Waals surface area contributed by atoms with Crippen LogP contribution in [-0.2, 0) is 0 Å². The van der Waals surface area contributed by atoms with Crippen LogP contribution in [0.1, 0.15) is 36.0 Å². The molecule has 1 fully saturated rings. The average Bonchev–Trinajstić information content (AvgIpc) is 3.17. The Balaban J connectivity index is 1.62. The van der Waals surface area contributed by atoms with E-state index in [0.717, 1.165) is 31.2 Å². The normalized spacial score (nSPS) is 16.8. The summed E-state index contributed by atoms with van der Waals surface area (Å²) in [4.78, 5) is 12.1. The fourth-order valence-corrected chi connectivity index (χ4v) is 2.61. The molecule has 0 aliphatic heterocycles. The lowest BCUT2D eigenvalue weighted by Gasteiger charge is -2.22. The maximum atomic E-state index is 12.1. The molecule has 1 saturated carbocycles. The minimum Gasteiger partial charge on any atom is -0.388 e. The first kappa shape index (κ1) is 13.7. The number of aromatic amines is 1. The number of nitrogens with one attached hydrogen (secondary N) is 2. The van der Waals surface area contributed by atoms with Gasteiger partial charge in [0.05, 0.1) is 5.60 Å². The molecule has 0 saturated heterocycles. The zero-order valence-corrected chi connectivity index (χ0v) is 11.5. The van der Waals surface area contributed by atoms with Gasteiger partial charge in [-0.25, -0.2) is 0 Å². The Kier molecular flexibility index (Phi) is 3.66. The van der Waals surface area contributed by atoms with Gasteiger partial charge in [-0.15, -0.1) is 10.2 Å². The van der Waals surface area contributed by atoms with E-state index in [1.807, 2.05) is 0 Å². The number of hydrogen-bond acceptors (Lipinski definition) is 5. The van der Waals surface area contributed by atoms with E-state index >= 15 is 0 Å². The van der Waals surface area contributed by atoms with Crippen molar-refractivity contribution in [1.82, 2.24) is 25.9 Å². The SMILES string of the molecule is O=C(NCC1(O)CCCC1)c1ccc(-c2nn[nH]n2)cc1. The van der Waals surface area contributed by atoms with Gasteiger partial charge in [-0.3, -0.25) is 4.79 Å². The smallest absolute Gasteiger partial charge is 0.251 e. The van der Waals surface area contributed by atoms with Crippen molar-refractivity contribution in [1.29, 1.82) is 0 Å². The van der Waals surface area contributed by atoms with Crippen LogP contribution in [0.3, 0.4) is 0 Å². The number of nitrogens with zero attached hydrogens (tertiary/aromatic N) is 3. The van der Waals surface area contributed by atoms with Crippen LogP contribution >= 0.6 is 0 Å². The minimum absolute atomic E-state index is 0.185. The van der Waals surface area contributed by atoms with Crippen molar-refractivity contribution in [2.75, 3.05) is 6.54 Å². The molecule has 3 rings (SSSR count). The summed E-state index contributed by atoms with van der Waals surface area (Å²) < 4.78 is 0. The maximum Gasteiger partial charge on any atom is 0.251 e. The third-order valence-corrected chi connectivity index (χ3v) is 3.86. The number of rotatable bonds is 4. The van der Waals surface area contributed by atoms with Gasteiger partial charge < -0.3 is 10.4 Å². The summed E-state index contributed by atoms with van der Waals surface area (Å²) in [6.07, 6.45) is 3.55. The number of tetrazole rings is 1. The molecule has 7 nitrogen and oxygen atoms in total. The number of carbonyl (C=O) groups is 1. The molecule has 0 unspecified atom stereocenters. The maximum absolute atomic E-state index is 12.1. The number of hydrogen-bond donors (Lipinski definition) is 3. The molecule has 1 aliphatic carbocycles. The highest BCUT2D eigenvalue weighted by Crippen LogP contribution is 2.28. The second-order valence-corrected chi connectivity index (χ2v) is 5.43. The Morgan fingerprint density at radius 1 is 1.29 bits per heavy atom. The van der Waals surface area contributed by atoms with Crippen molar-refractivity contribution < 1.29 is 9.90 Å². The van der Waals surface area contributed by atoms with Crippen LogP contribution in [0.4, 0.5) is 0 Å². The van der Waals surface area contributed by atoms with Crippen molar-refractivity contribution in [3.8, 4) is 11.4 Å². The first-order chi connectivity index (χ1) is 10.2. The molecule has 0 radical (unpaired) electrons. The Morgan fingerprint density at radius 2 is 2.00 bits per heavy atom. The van der Waals surface area contributed by atoms with Gasteiger partial charge in [0.25, 0.3) is 5.91 Å². The Labute approximate surface area is 121 Å². The van der Waals surface area contributed by atoms with Crippen LogP contribution in [0.15, 0.2) is 24.3 Å². The minimum atomic E-state index is -0.736. The predicted molar refractivity (Wildman–Crippen MR) is 75.4 cm³/mol. The number of carbonyl (C=O) groups excluding carboxylic acids is 1. The van der Waals surface area contributed by atoms with Gasteiger partial charge in [0, 0.05) is 17.7 Å². The fraction of sp³-hybridized carbons (Fsp3) is 0.429. The molecule has 1 amide bonds. The van der Waals surface area contributed by atoms with Crippen LogP contribution in [0.5, 0.6) is 0 Å². The standard InChI is InChI=1S/C14H17N5O2/c20-13(15-9-14(21)7-1-2-8-14)11-5-3-10(4-6-11)12-16-18-19-17-12/h3-6,21H,1-2,7-9H2,(H,15,20)(H,16,17,18,19). The highest BCUT2D eigenvalue weighted by atomic mass is 16.3. The zero-order chi connectivity index (χ0) is 14.7. The summed E-state index contributed by atoms with van der Waals surface area (Å²) in [5.41, 5.74) is 0.596. The summed E-state index contributed by atoms with van der Waals surface area (Å²) in [6, 6.07) is 6.95. The summed E-state index contributed by atoms with van der Waals surface area (Å²) in [7, 11) is 0. The Bertz CT molecular complexity index is 603. The van der Waals surface area contributed by atoms with E-state index in [2.05, 4.69) is 25.9 Å². The summed E-state index contributed by atoms with van der Waals surface area (Å²) in [5.74, 6) is 0.303. The molecular formula is C14H17N5O2. The Hall–Kier alpha value is -2.28. The monoisotopic (exact) mass is 287 g/mol. The van der Waals surface area contributed by atoms with Crippen LogP contribution in [-0.4, -0.2) is 43.8 Å². The fourth-order valence-electron chi connectivity index (χ4n) is 2.61. The number of aliphatic hydroxyl groups is 1. The zero-order valence-electron chi connectivity index (χ0n) is 11.5. The number of benzene rings is 1. The third kappa shape index (κ3) is 3.08. The third-order valence-electron chi connectivity index (χ3n) is 3.86. The lowest BCUT2D eigenvalue weighted by atomic mass is 10.0. The van der Waals surface area contributed by atoms with Crippen molar-refractivity contribution in [2.45, 2.75) is 31.3 Å². The quantitative estimate of drug-likeness (QED) is 0.775. The van der Waals surface area contributed by atoms with Gasteiger partial charge in [-0.1, -0.05) is 25.0 Å². The highest BCUT2D eigenvalue weighted by Gasteiger charge is 2.31. The molecule has 0 spiro atoms. The van der Waals surface area contributed by atoms with E-state index in [1.165, 1.54) is 0 Å². The van der Waals surface area contributed by atoms with Crippen molar-refractivity contribution in [2.24, 2.45) is 0 Å². The van der Waals surface area contributed by atoms with Crippen molar-refractivity contribution in [3.63, 3.8) is 0 Å². The van der Waals surface area contributed by atoms with E-state index in [9.17, 15) is 9.90 Å². The second kappa shape index (κ2) is 5.61. The van der Waals surface area contributed by atoms with Crippen LogP contribution in [0.2, 0.25) is 0 Å². The molecule has 1 heterocycles. The highest BCUT2D eigenvalue weighted by molar-refractivity contribution is 5.94. The van der Waals surface area contributed by atoms with E-state index in [0.29, 0.717) is 17.9 Å². The molecular weight excluding hydrogens is 270 g/mol. The van der Waals surface area contributed by atoms with E-state index < -0.39 is 5.60 Å². The van der Waals surface area contributed by atoms with Gasteiger partial charge >= 0.3 is 0 Å². The molecule has 1 aliphatic rings. The number of H-pyrrole nitrogens is 1. The van der Waals surface area contributed by atoms with Crippen LogP contribution < -0.4 is 5.32 Å². The van der Waals surface area contributed by atoms with Gasteiger partial charge in [-0.05, 0) is 30.2 Å². The van der Waals surface area contributed by atoms with Crippen LogP contribution in [0.25, 0.3) is 11.4 Å². The molecule has 3 N–H and O–H groups in total. The van der Waals surface area contributed by atoms with E-state index in [1.54, 1.807) is 24.3 Å². The van der Waals surface area contributed by atoms with Gasteiger partial charge in [0.15, 0.2) is 0 Å². The number of amides is 1. The molecule has 0 bridgehead atoms. The Morgan fingerprint density at radius 3 is 2.62 bits per heavy atom. The van der Waals surface area contributed by atoms with Crippen LogP contribution in [0, 0.1) is 0 Å². The van der Waals surface area contributed by atoms with E-state index in [-0.39, 0.29) is 5.91 Å². The molecule has 0 atom stereocenters. The lowest BCUT2D eigenvalue weighted by molar-refractivity contribution is 0.0449. The first-order valence-electron chi connectivity index (χ1n) is 7.01. The molecule has 1 aromatic heterocycles. The summed E-state index contributed by atoms with van der Waals surface area (Å²) in [5, 5.41) is 26.6. The van der Waals surface area contributed by atoms with Crippen molar-refractivity contribution >= 4 is 5.91 Å². The first-order valence-corrected chi connectivity index (χ1v) is 7.01. The van der Waals surface area contributed by atoms with Crippen molar-refractivity contribution in [3.05, 3.63) is 29.8 Å². The van der Waals surface area contributed by atoms with Gasteiger partial charge in [0.2, 0.25) is 5.82 Å². The largest absolute Gasteiger partial charge is 0.388 e. The molecule has 2 aromatic rings. The molecule has 7 heteroatoms. The average molecular weight is 287 g/mol. The van der Waals surface area contributed by atoms with E-state index in [4.69, 9.17) is 0 Å². The van der Waals surface area contributed by atoms with Gasteiger partial charge in [0.1, 0.15) is 0 Å². The predicted octanol–water partition coefficient (Wildman–Crippen LogP) is 0.902. The topological polar surface area (TPSA) is 104 Å². The summed E-state index contributed by atoms with van der Waals surface area (Å²) in [6.45, 7) is 0.304. The number of aromatic nitrogens is 4. The lowest BCUT2D eigenvalue weighted by Crippen LogP contribution is -2.40.